The van der Waals surface area contributed by atoms with E-state index in [-0.39, 0.29) is 5.78 Å². The highest BCUT2D eigenvalue weighted by atomic mass is 16.1. The Morgan fingerprint density at radius 1 is 1.08 bits per heavy atom. The molecule has 0 saturated carbocycles. The molecular formula is C19H18N4O2. The molecule has 2 N–H and O–H groups in total. The normalized spacial score (nSPS) is 10.6. The number of Topliss-reactive ketones (excluding diaryl/α,β-unsaturated/α-hetero) is 1. The lowest BCUT2D eigenvalue weighted by Crippen LogP contribution is -2.05. The zero-order chi connectivity index (χ0) is 17.8. The first-order valence-electron chi connectivity index (χ1n) is 7.90. The van der Waals surface area contributed by atoms with Crippen molar-refractivity contribution in [3.05, 3.63) is 70.9 Å². The lowest BCUT2D eigenvalue weighted by Gasteiger charge is -2.08. The van der Waals surface area contributed by atoms with Gasteiger partial charge in [0.1, 0.15) is 0 Å². The number of hydrogen-bond donors (Lipinski definition) is 1. The SMILES string of the molecule is CC(=O)c1ccc(Cn2nnc(C=O)c2-c2ccc(CN)cc2)cc1. The van der Waals surface area contributed by atoms with Crippen LogP contribution in [0.15, 0.2) is 48.5 Å². The van der Waals surface area contributed by atoms with Gasteiger partial charge in [-0.1, -0.05) is 53.7 Å². The summed E-state index contributed by atoms with van der Waals surface area (Å²) in [5.74, 6) is 0.0243. The Labute approximate surface area is 145 Å². The quantitative estimate of drug-likeness (QED) is 0.552. The third-order valence-electron chi connectivity index (χ3n) is 4.03. The number of aldehydes is 1. The standard InChI is InChI=1S/C19H18N4O2/c1-13(25)16-6-4-15(5-7-16)11-23-19(18(12-24)21-22-23)17-8-2-14(10-20)3-9-17/h2-9,12H,10-11,20H2,1H3. The summed E-state index contributed by atoms with van der Waals surface area (Å²) in [5.41, 5.74) is 10.1. The molecule has 2 aromatic carbocycles. The summed E-state index contributed by atoms with van der Waals surface area (Å²) < 4.78 is 1.68. The van der Waals surface area contributed by atoms with Crippen LogP contribution in [0.5, 0.6) is 0 Å². The van der Waals surface area contributed by atoms with Gasteiger partial charge in [0.25, 0.3) is 0 Å². The molecule has 126 valence electrons. The van der Waals surface area contributed by atoms with E-state index < -0.39 is 0 Å². The molecule has 0 bridgehead atoms. The molecule has 6 nitrogen and oxygen atoms in total. The smallest absolute Gasteiger partial charge is 0.172 e. The maximum atomic E-state index is 11.4. The second-order valence-corrected chi connectivity index (χ2v) is 5.75. The highest BCUT2D eigenvalue weighted by Crippen LogP contribution is 2.23. The largest absolute Gasteiger partial charge is 0.326 e. The van der Waals surface area contributed by atoms with Crippen LogP contribution in [0, 0.1) is 0 Å². The summed E-state index contributed by atoms with van der Waals surface area (Å²) in [6, 6.07) is 15.0. The van der Waals surface area contributed by atoms with Crippen molar-refractivity contribution >= 4 is 12.1 Å². The molecule has 3 rings (SSSR count). The first-order chi connectivity index (χ1) is 12.1. The molecule has 0 atom stereocenters. The minimum absolute atomic E-state index is 0.0243. The van der Waals surface area contributed by atoms with Gasteiger partial charge in [-0.15, -0.1) is 5.10 Å². The molecule has 0 spiro atoms. The number of ketones is 1. The maximum absolute atomic E-state index is 11.4. The minimum atomic E-state index is 0.0243. The number of rotatable bonds is 6. The average Bonchev–Trinajstić information content (AvgIpc) is 3.05. The topological polar surface area (TPSA) is 90.9 Å². The molecule has 0 aliphatic rings. The molecule has 6 heteroatoms. The number of nitrogens with zero attached hydrogens (tertiary/aromatic N) is 3. The van der Waals surface area contributed by atoms with Crippen LogP contribution in [0.25, 0.3) is 11.3 Å². The van der Waals surface area contributed by atoms with Gasteiger partial charge in [0.15, 0.2) is 17.8 Å². The Morgan fingerprint density at radius 3 is 2.28 bits per heavy atom. The van der Waals surface area contributed by atoms with Gasteiger partial charge in [-0.2, -0.15) is 0 Å². The van der Waals surface area contributed by atoms with Gasteiger partial charge in [-0.25, -0.2) is 4.68 Å². The van der Waals surface area contributed by atoms with E-state index in [0.29, 0.717) is 36.3 Å². The second-order valence-electron chi connectivity index (χ2n) is 5.75. The Morgan fingerprint density at radius 2 is 1.72 bits per heavy atom. The van der Waals surface area contributed by atoms with Crippen molar-refractivity contribution in [3.63, 3.8) is 0 Å². The summed E-state index contributed by atoms with van der Waals surface area (Å²) in [7, 11) is 0. The molecule has 1 heterocycles. The summed E-state index contributed by atoms with van der Waals surface area (Å²) in [4.78, 5) is 22.7. The molecule has 0 aliphatic carbocycles. The molecule has 0 saturated heterocycles. The highest BCUT2D eigenvalue weighted by Gasteiger charge is 2.15. The van der Waals surface area contributed by atoms with Gasteiger partial charge in [0.05, 0.1) is 12.2 Å². The second kappa shape index (κ2) is 7.19. The van der Waals surface area contributed by atoms with E-state index in [0.717, 1.165) is 16.7 Å². The number of hydrogen-bond acceptors (Lipinski definition) is 5. The predicted molar refractivity (Wildman–Crippen MR) is 94.3 cm³/mol. The van der Waals surface area contributed by atoms with Crippen molar-refractivity contribution in [2.75, 3.05) is 0 Å². The van der Waals surface area contributed by atoms with Crippen LogP contribution < -0.4 is 5.73 Å². The maximum Gasteiger partial charge on any atom is 0.172 e. The Hall–Kier alpha value is -3.12. The lowest BCUT2D eigenvalue weighted by atomic mass is 10.1. The molecule has 25 heavy (non-hydrogen) atoms. The molecule has 3 aromatic rings. The summed E-state index contributed by atoms with van der Waals surface area (Å²) >= 11 is 0. The zero-order valence-electron chi connectivity index (χ0n) is 13.8. The van der Waals surface area contributed by atoms with Crippen LogP contribution >= 0.6 is 0 Å². The molecule has 0 amide bonds. The third-order valence-corrected chi connectivity index (χ3v) is 4.03. The van der Waals surface area contributed by atoms with Crippen molar-refractivity contribution in [1.29, 1.82) is 0 Å². The Balaban J connectivity index is 1.95. The molecule has 1 aromatic heterocycles. The van der Waals surface area contributed by atoms with Crippen molar-refractivity contribution in [2.45, 2.75) is 20.0 Å². The fraction of sp³-hybridized carbons (Fsp3) is 0.158. The number of carbonyl (C=O) groups excluding carboxylic acids is 2. The molecular weight excluding hydrogens is 316 g/mol. The first-order valence-corrected chi connectivity index (χ1v) is 7.90. The van der Waals surface area contributed by atoms with Crippen LogP contribution in [-0.2, 0) is 13.1 Å². The van der Waals surface area contributed by atoms with E-state index in [1.54, 1.807) is 16.8 Å². The van der Waals surface area contributed by atoms with Crippen molar-refractivity contribution < 1.29 is 9.59 Å². The van der Waals surface area contributed by atoms with Crippen LogP contribution in [0.2, 0.25) is 0 Å². The van der Waals surface area contributed by atoms with E-state index in [1.165, 1.54) is 6.92 Å². The number of aromatic nitrogens is 3. The lowest BCUT2D eigenvalue weighted by molar-refractivity contribution is 0.101. The summed E-state index contributed by atoms with van der Waals surface area (Å²) in [6.07, 6.45) is 0.703. The fourth-order valence-corrected chi connectivity index (χ4v) is 2.63. The van der Waals surface area contributed by atoms with Gasteiger partial charge in [0, 0.05) is 17.7 Å². The zero-order valence-corrected chi connectivity index (χ0v) is 13.8. The summed E-state index contributed by atoms with van der Waals surface area (Å²) in [5, 5.41) is 8.06. The van der Waals surface area contributed by atoms with Gasteiger partial charge < -0.3 is 5.73 Å². The van der Waals surface area contributed by atoms with Crippen molar-refractivity contribution in [1.82, 2.24) is 15.0 Å². The highest BCUT2D eigenvalue weighted by molar-refractivity contribution is 5.94. The van der Waals surface area contributed by atoms with E-state index in [1.807, 2.05) is 36.4 Å². The van der Waals surface area contributed by atoms with Gasteiger partial charge >= 0.3 is 0 Å². The van der Waals surface area contributed by atoms with Crippen LogP contribution in [0.3, 0.4) is 0 Å². The monoisotopic (exact) mass is 334 g/mol. The van der Waals surface area contributed by atoms with Crippen LogP contribution in [0.1, 0.15) is 38.9 Å². The van der Waals surface area contributed by atoms with Gasteiger partial charge in [-0.3, -0.25) is 9.59 Å². The van der Waals surface area contributed by atoms with Gasteiger partial charge in [-0.05, 0) is 18.1 Å². The van der Waals surface area contributed by atoms with E-state index in [9.17, 15) is 9.59 Å². The van der Waals surface area contributed by atoms with Crippen molar-refractivity contribution in [2.24, 2.45) is 5.73 Å². The fourth-order valence-electron chi connectivity index (χ4n) is 2.63. The third kappa shape index (κ3) is 3.54. The summed E-state index contributed by atoms with van der Waals surface area (Å²) in [6.45, 7) is 2.44. The average molecular weight is 334 g/mol. The van der Waals surface area contributed by atoms with E-state index in [2.05, 4.69) is 10.3 Å². The predicted octanol–water partition coefficient (Wildman–Crippen LogP) is 2.47. The number of benzene rings is 2. The van der Waals surface area contributed by atoms with E-state index >= 15 is 0 Å². The number of carbonyl (C=O) groups is 2. The Bertz CT molecular complexity index is 896. The molecule has 0 radical (unpaired) electrons. The van der Waals surface area contributed by atoms with Crippen LogP contribution in [-0.4, -0.2) is 27.1 Å². The molecule has 0 aliphatic heterocycles. The molecule has 0 unspecified atom stereocenters. The number of nitrogens with two attached hydrogens (primary N) is 1. The van der Waals surface area contributed by atoms with Gasteiger partial charge in [0.2, 0.25) is 0 Å². The minimum Gasteiger partial charge on any atom is -0.326 e. The first kappa shape index (κ1) is 16.7. The van der Waals surface area contributed by atoms with E-state index in [4.69, 9.17) is 5.73 Å². The van der Waals surface area contributed by atoms with Crippen LogP contribution in [0.4, 0.5) is 0 Å². The Kier molecular flexibility index (Phi) is 4.81. The van der Waals surface area contributed by atoms with Crippen molar-refractivity contribution in [3.8, 4) is 11.3 Å². The molecule has 0 fully saturated rings.